The molecule has 27 heavy (non-hydrogen) atoms. The molecule has 0 amide bonds. The minimum atomic E-state index is 1.33. The molecule has 0 bridgehead atoms. The summed E-state index contributed by atoms with van der Waals surface area (Å²) in [7, 11) is 10.1. The molecule has 0 aromatic rings. The van der Waals surface area contributed by atoms with E-state index in [0.29, 0.717) is 0 Å². The zero-order valence-corrected chi connectivity index (χ0v) is 22.3. The Bertz CT molecular complexity index is 227. The molecule has 0 radical (unpaired) electrons. The van der Waals surface area contributed by atoms with E-state index >= 15 is 0 Å². The summed E-state index contributed by atoms with van der Waals surface area (Å²) in [5.41, 5.74) is 0. The Morgan fingerprint density at radius 1 is 0.333 bits per heavy atom. The standard InChI is InChI=1S/C22H46S5/c1-3-5-7-9-11-13-15-17-19-21-23-25-27-26-24-22-20-18-16-14-12-10-8-6-4-2/h3-22H2,1-2H3. The van der Waals surface area contributed by atoms with Gasteiger partial charge >= 0.3 is 0 Å². The van der Waals surface area contributed by atoms with Crippen LogP contribution in [0.15, 0.2) is 0 Å². The van der Waals surface area contributed by atoms with Crippen molar-refractivity contribution in [1.82, 2.24) is 0 Å². The highest BCUT2D eigenvalue weighted by Crippen LogP contribution is 2.48. The third kappa shape index (κ3) is 27.8. The van der Waals surface area contributed by atoms with Crippen LogP contribution in [0.2, 0.25) is 0 Å². The van der Waals surface area contributed by atoms with Crippen molar-refractivity contribution in [3.63, 3.8) is 0 Å². The highest BCUT2D eigenvalue weighted by atomic mass is 33.8. The van der Waals surface area contributed by atoms with Gasteiger partial charge in [-0.05, 0) is 42.3 Å². The van der Waals surface area contributed by atoms with Gasteiger partial charge in [0, 0.05) is 11.5 Å². The number of hydrogen-bond acceptors (Lipinski definition) is 5. The van der Waals surface area contributed by atoms with Crippen LogP contribution in [-0.4, -0.2) is 11.5 Å². The van der Waals surface area contributed by atoms with Crippen molar-refractivity contribution < 1.29 is 0 Å². The average Bonchev–Trinajstić information content (AvgIpc) is 2.68. The molecule has 0 unspecified atom stereocenters. The normalized spacial score (nSPS) is 11.3. The summed E-state index contributed by atoms with van der Waals surface area (Å²) in [5.74, 6) is 2.66. The molecule has 0 saturated heterocycles. The van der Waals surface area contributed by atoms with Crippen LogP contribution in [0.1, 0.15) is 129 Å². The summed E-state index contributed by atoms with van der Waals surface area (Å²) in [6, 6.07) is 0. The van der Waals surface area contributed by atoms with E-state index in [1.54, 1.807) is 0 Å². The molecule has 0 nitrogen and oxygen atoms in total. The fourth-order valence-electron chi connectivity index (χ4n) is 3.06. The van der Waals surface area contributed by atoms with E-state index in [4.69, 9.17) is 0 Å². The summed E-state index contributed by atoms with van der Waals surface area (Å²) in [5, 5.41) is 0. The second-order valence-corrected chi connectivity index (χ2v) is 15.5. The first-order chi connectivity index (χ1) is 13.4. The third-order valence-corrected chi connectivity index (χ3v) is 13.7. The van der Waals surface area contributed by atoms with Crippen molar-refractivity contribution in [1.29, 1.82) is 0 Å². The predicted molar refractivity (Wildman–Crippen MR) is 142 cm³/mol. The third-order valence-electron chi connectivity index (χ3n) is 4.81. The van der Waals surface area contributed by atoms with E-state index in [1.165, 1.54) is 127 Å². The molecule has 0 fully saturated rings. The molecule has 0 spiro atoms. The molecule has 0 N–H and O–H groups in total. The van der Waals surface area contributed by atoms with Crippen molar-refractivity contribution in [2.45, 2.75) is 129 Å². The van der Waals surface area contributed by atoms with E-state index < -0.39 is 0 Å². The van der Waals surface area contributed by atoms with Gasteiger partial charge in [-0.15, -0.1) is 0 Å². The lowest BCUT2D eigenvalue weighted by Crippen LogP contribution is -1.82. The van der Waals surface area contributed by atoms with Gasteiger partial charge in [0.25, 0.3) is 0 Å². The van der Waals surface area contributed by atoms with Crippen molar-refractivity contribution in [2.24, 2.45) is 0 Å². The maximum absolute atomic E-state index is 2.29. The Morgan fingerprint density at radius 2 is 0.630 bits per heavy atom. The second kappa shape index (κ2) is 27.8. The van der Waals surface area contributed by atoms with Gasteiger partial charge in [0.15, 0.2) is 0 Å². The van der Waals surface area contributed by atoms with Crippen LogP contribution in [0.25, 0.3) is 0 Å². The largest absolute Gasteiger partial charge is 0.0817 e. The van der Waals surface area contributed by atoms with Gasteiger partial charge in [0.05, 0.1) is 0 Å². The minimum absolute atomic E-state index is 1.33. The topological polar surface area (TPSA) is 0 Å². The number of hydrogen-bond donors (Lipinski definition) is 0. The van der Waals surface area contributed by atoms with Gasteiger partial charge < -0.3 is 0 Å². The van der Waals surface area contributed by atoms with Crippen molar-refractivity contribution in [3.8, 4) is 0 Å². The molecular formula is C22H46S5. The Balaban J connectivity index is 2.95. The lowest BCUT2D eigenvalue weighted by molar-refractivity contribution is 0.573. The molecule has 5 heteroatoms. The van der Waals surface area contributed by atoms with Crippen LogP contribution in [-0.2, 0) is 0 Å². The van der Waals surface area contributed by atoms with Gasteiger partial charge in [-0.2, -0.15) is 0 Å². The summed E-state index contributed by atoms with van der Waals surface area (Å²) in [4.78, 5) is 0. The van der Waals surface area contributed by atoms with E-state index in [0.717, 1.165) is 0 Å². The Labute approximate surface area is 191 Å². The fourth-order valence-corrected chi connectivity index (χ4v) is 12.1. The average molecular weight is 471 g/mol. The summed E-state index contributed by atoms with van der Waals surface area (Å²) in [6.45, 7) is 4.59. The molecule has 0 aliphatic carbocycles. The SMILES string of the molecule is CCCCCCCCCCCSSSSSCCCCCCCCCCC. The van der Waals surface area contributed by atoms with Gasteiger partial charge in [0.2, 0.25) is 0 Å². The van der Waals surface area contributed by atoms with E-state index in [1.807, 2.05) is 29.5 Å². The zero-order chi connectivity index (χ0) is 19.7. The highest BCUT2D eigenvalue weighted by Gasteiger charge is 1.97. The van der Waals surface area contributed by atoms with Crippen molar-refractivity contribution in [2.75, 3.05) is 11.5 Å². The monoisotopic (exact) mass is 470 g/mol. The molecule has 0 atom stereocenters. The lowest BCUT2D eigenvalue weighted by atomic mass is 10.1. The van der Waals surface area contributed by atoms with Crippen LogP contribution in [0.5, 0.6) is 0 Å². The van der Waals surface area contributed by atoms with Crippen LogP contribution >= 0.6 is 51.1 Å². The van der Waals surface area contributed by atoms with Crippen LogP contribution in [0, 0.1) is 0 Å². The summed E-state index contributed by atoms with van der Waals surface area (Å²) in [6.07, 6.45) is 25.9. The molecule has 0 aliphatic rings. The quantitative estimate of drug-likeness (QED) is 0.101. The molecule has 164 valence electrons. The summed E-state index contributed by atoms with van der Waals surface area (Å²) >= 11 is 0. The summed E-state index contributed by atoms with van der Waals surface area (Å²) < 4.78 is 0. The van der Waals surface area contributed by atoms with E-state index in [9.17, 15) is 0 Å². The Kier molecular flexibility index (Phi) is 29.5. The smallest absolute Gasteiger partial charge is 0.00454 e. The second-order valence-electron chi connectivity index (χ2n) is 7.50. The van der Waals surface area contributed by atoms with E-state index in [2.05, 4.69) is 35.4 Å². The Hall–Kier alpha value is 1.75. The van der Waals surface area contributed by atoms with Crippen LogP contribution in [0.4, 0.5) is 0 Å². The minimum Gasteiger partial charge on any atom is -0.0817 e. The zero-order valence-electron chi connectivity index (χ0n) is 18.2. The Morgan fingerprint density at radius 3 is 0.963 bits per heavy atom. The van der Waals surface area contributed by atoms with Crippen molar-refractivity contribution >= 4 is 51.1 Å². The first-order valence-electron chi connectivity index (χ1n) is 11.7. The molecule has 0 heterocycles. The molecule has 0 aliphatic heterocycles. The molecule has 0 aromatic carbocycles. The number of rotatable bonds is 24. The molecular weight excluding hydrogens is 425 g/mol. The fraction of sp³-hybridized carbons (Fsp3) is 1.00. The molecule has 0 saturated carbocycles. The molecule has 0 aromatic heterocycles. The van der Waals surface area contributed by atoms with Gasteiger partial charge in [-0.3, -0.25) is 0 Å². The predicted octanol–water partition coefficient (Wildman–Crippen LogP) is 11.4. The van der Waals surface area contributed by atoms with E-state index in [-0.39, 0.29) is 0 Å². The van der Waals surface area contributed by atoms with Gasteiger partial charge in [-0.25, -0.2) is 0 Å². The maximum Gasteiger partial charge on any atom is 0.00454 e. The number of unbranched alkanes of at least 4 members (excludes halogenated alkanes) is 16. The van der Waals surface area contributed by atoms with Crippen LogP contribution in [0.3, 0.4) is 0 Å². The highest BCUT2D eigenvalue weighted by molar-refractivity contribution is 9.35. The first-order valence-corrected chi connectivity index (χ1v) is 18.1. The van der Waals surface area contributed by atoms with Gasteiger partial charge in [0.1, 0.15) is 0 Å². The first kappa shape index (κ1) is 28.8. The lowest BCUT2D eigenvalue weighted by Gasteiger charge is -2.03. The molecule has 0 rings (SSSR count). The maximum atomic E-state index is 2.29. The van der Waals surface area contributed by atoms with Crippen molar-refractivity contribution in [3.05, 3.63) is 0 Å². The van der Waals surface area contributed by atoms with Crippen LogP contribution < -0.4 is 0 Å². The van der Waals surface area contributed by atoms with Gasteiger partial charge in [-0.1, -0.05) is 138 Å².